The average molecular weight is 237 g/mol. The Bertz CT molecular complexity index is 469. The predicted octanol–water partition coefficient (Wildman–Crippen LogP) is 2.66. The SMILES string of the molecule is Fc1ccc(F)c(NCCCn2ccnc2)c1. The molecule has 1 heterocycles. The highest BCUT2D eigenvalue weighted by molar-refractivity contribution is 5.44. The van der Waals surface area contributed by atoms with Crippen LogP contribution >= 0.6 is 0 Å². The molecule has 2 aromatic rings. The van der Waals surface area contributed by atoms with Crippen LogP contribution in [0.5, 0.6) is 0 Å². The second kappa shape index (κ2) is 5.43. The van der Waals surface area contributed by atoms with Crippen LogP contribution in [0.2, 0.25) is 0 Å². The highest BCUT2D eigenvalue weighted by Gasteiger charge is 2.02. The molecule has 0 aliphatic rings. The summed E-state index contributed by atoms with van der Waals surface area (Å²) in [6, 6.07) is 3.38. The van der Waals surface area contributed by atoms with Crippen molar-refractivity contribution in [3.63, 3.8) is 0 Å². The van der Waals surface area contributed by atoms with Gasteiger partial charge in [0.1, 0.15) is 11.6 Å². The minimum absolute atomic E-state index is 0.204. The molecule has 0 atom stereocenters. The van der Waals surface area contributed by atoms with Crippen LogP contribution in [0.25, 0.3) is 0 Å². The van der Waals surface area contributed by atoms with Crippen LogP contribution in [0.3, 0.4) is 0 Å². The average Bonchev–Trinajstić information content (AvgIpc) is 2.82. The molecule has 0 aliphatic carbocycles. The van der Waals surface area contributed by atoms with Gasteiger partial charge in [-0.15, -0.1) is 0 Å². The fourth-order valence-electron chi connectivity index (χ4n) is 1.54. The zero-order valence-corrected chi connectivity index (χ0v) is 9.24. The van der Waals surface area contributed by atoms with Crippen molar-refractivity contribution in [1.29, 1.82) is 0 Å². The summed E-state index contributed by atoms with van der Waals surface area (Å²) >= 11 is 0. The van der Waals surface area contributed by atoms with E-state index < -0.39 is 11.6 Å². The molecular weight excluding hydrogens is 224 g/mol. The van der Waals surface area contributed by atoms with E-state index in [1.165, 1.54) is 0 Å². The van der Waals surface area contributed by atoms with Crippen molar-refractivity contribution < 1.29 is 8.78 Å². The van der Waals surface area contributed by atoms with E-state index in [1.54, 1.807) is 12.5 Å². The normalized spacial score (nSPS) is 10.5. The Hall–Kier alpha value is -1.91. The van der Waals surface area contributed by atoms with E-state index in [0.717, 1.165) is 31.2 Å². The summed E-state index contributed by atoms with van der Waals surface area (Å²) in [6.45, 7) is 1.38. The summed E-state index contributed by atoms with van der Waals surface area (Å²) in [4.78, 5) is 3.92. The Morgan fingerprint density at radius 1 is 1.29 bits per heavy atom. The third-order valence-electron chi connectivity index (χ3n) is 2.40. The molecule has 3 nitrogen and oxygen atoms in total. The molecule has 0 unspecified atom stereocenters. The summed E-state index contributed by atoms with van der Waals surface area (Å²) in [6.07, 6.45) is 6.11. The van der Waals surface area contributed by atoms with Gasteiger partial charge in [0.15, 0.2) is 0 Å². The quantitative estimate of drug-likeness (QED) is 0.810. The first-order valence-corrected chi connectivity index (χ1v) is 5.40. The first kappa shape index (κ1) is 11.6. The number of nitrogens with zero attached hydrogens (tertiary/aromatic N) is 2. The maximum absolute atomic E-state index is 13.2. The molecule has 1 N–H and O–H groups in total. The second-order valence-corrected chi connectivity index (χ2v) is 3.71. The van der Waals surface area contributed by atoms with Gasteiger partial charge in [0, 0.05) is 25.5 Å². The molecule has 2 rings (SSSR count). The molecule has 5 heteroatoms. The molecule has 0 aliphatic heterocycles. The Balaban J connectivity index is 1.80. The molecular formula is C12H13F2N3. The Labute approximate surface area is 98.1 Å². The fraction of sp³-hybridized carbons (Fsp3) is 0.250. The number of anilines is 1. The van der Waals surface area contributed by atoms with Gasteiger partial charge in [0.05, 0.1) is 12.0 Å². The van der Waals surface area contributed by atoms with Crippen molar-refractivity contribution in [3.8, 4) is 0 Å². The highest BCUT2D eigenvalue weighted by atomic mass is 19.1. The lowest BCUT2D eigenvalue weighted by Gasteiger charge is -2.07. The Morgan fingerprint density at radius 2 is 2.18 bits per heavy atom. The van der Waals surface area contributed by atoms with Crippen LogP contribution in [-0.4, -0.2) is 16.1 Å². The number of halogens is 2. The number of aryl methyl sites for hydroxylation is 1. The molecule has 0 spiro atoms. The summed E-state index contributed by atoms with van der Waals surface area (Å²) in [5, 5.41) is 2.87. The van der Waals surface area contributed by atoms with Crippen molar-refractivity contribution in [2.24, 2.45) is 0 Å². The zero-order valence-electron chi connectivity index (χ0n) is 9.24. The first-order valence-electron chi connectivity index (χ1n) is 5.40. The van der Waals surface area contributed by atoms with E-state index in [2.05, 4.69) is 10.3 Å². The molecule has 90 valence electrons. The standard InChI is InChI=1S/C12H13F2N3/c13-10-2-3-11(14)12(8-10)16-4-1-6-17-7-5-15-9-17/h2-3,5,7-9,16H,1,4,6H2. The van der Waals surface area contributed by atoms with Crippen LogP contribution in [-0.2, 0) is 6.54 Å². The van der Waals surface area contributed by atoms with Crippen molar-refractivity contribution >= 4 is 5.69 Å². The van der Waals surface area contributed by atoms with Crippen LogP contribution < -0.4 is 5.32 Å². The van der Waals surface area contributed by atoms with Gasteiger partial charge >= 0.3 is 0 Å². The lowest BCUT2D eigenvalue weighted by molar-refractivity contribution is 0.600. The lowest BCUT2D eigenvalue weighted by atomic mass is 10.3. The van der Waals surface area contributed by atoms with Gasteiger partial charge in [-0.05, 0) is 24.6 Å². The van der Waals surface area contributed by atoms with E-state index in [9.17, 15) is 8.78 Å². The summed E-state index contributed by atoms with van der Waals surface area (Å²) in [5.74, 6) is -0.877. The molecule has 0 saturated carbocycles. The van der Waals surface area contributed by atoms with Gasteiger partial charge in [-0.25, -0.2) is 13.8 Å². The van der Waals surface area contributed by atoms with E-state index in [0.29, 0.717) is 6.54 Å². The number of imidazole rings is 1. The Kier molecular flexibility index (Phi) is 3.69. The third-order valence-corrected chi connectivity index (χ3v) is 2.40. The van der Waals surface area contributed by atoms with Crippen LogP contribution in [0.1, 0.15) is 6.42 Å². The number of benzene rings is 1. The second-order valence-electron chi connectivity index (χ2n) is 3.71. The molecule has 17 heavy (non-hydrogen) atoms. The van der Waals surface area contributed by atoms with Gasteiger partial charge in [-0.2, -0.15) is 0 Å². The van der Waals surface area contributed by atoms with Gasteiger partial charge in [0.25, 0.3) is 0 Å². The molecule has 0 fully saturated rings. The fourth-order valence-corrected chi connectivity index (χ4v) is 1.54. The number of hydrogen-bond donors (Lipinski definition) is 1. The van der Waals surface area contributed by atoms with Gasteiger partial charge in [-0.1, -0.05) is 0 Å². The van der Waals surface area contributed by atoms with Crippen molar-refractivity contribution in [2.75, 3.05) is 11.9 Å². The smallest absolute Gasteiger partial charge is 0.146 e. The van der Waals surface area contributed by atoms with E-state index in [-0.39, 0.29) is 5.69 Å². The topological polar surface area (TPSA) is 29.9 Å². The summed E-state index contributed by atoms with van der Waals surface area (Å²) in [7, 11) is 0. The number of nitrogens with one attached hydrogen (secondary N) is 1. The molecule has 0 bridgehead atoms. The molecule has 0 saturated heterocycles. The molecule has 0 radical (unpaired) electrons. The minimum atomic E-state index is -0.441. The summed E-state index contributed by atoms with van der Waals surface area (Å²) in [5.41, 5.74) is 0.204. The van der Waals surface area contributed by atoms with Crippen molar-refractivity contribution in [3.05, 3.63) is 48.6 Å². The van der Waals surface area contributed by atoms with Crippen LogP contribution in [0.15, 0.2) is 36.9 Å². The predicted molar refractivity (Wildman–Crippen MR) is 61.7 cm³/mol. The van der Waals surface area contributed by atoms with Gasteiger partial charge in [0.2, 0.25) is 0 Å². The Morgan fingerprint density at radius 3 is 2.94 bits per heavy atom. The highest BCUT2D eigenvalue weighted by Crippen LogP contribution is 2.14. The summed E-state index contributed by atoms with van der Waals surface area (Å²) < 4.78 is 28.0. The van der Waals surface area contributed by atoms with Gasteiger partial charge in [-0.3, -0.25) is 0 Å². The molecule has 1 aromatic heterocycles. The monoisotopic (exact) mass is 237 g/mol. The third kappa shape index (κ3) is 3.27. The van der Waals surface area contributed by atoms with E-state index in [1.807, 2.05) is 10.8 Å². The first-order chi connectivity index (χ1) is 8.25. The van der Waals surface area contributed by atoms with Crippen molar-refractivity contribution in [2.45, 2.75) is 13.0 Å². The van der Waals surface area contributed by atoms with Crippen molar-refractivity contribution in [1.82, 2.24) is 9.55 Å². The maximum atomic E-state index is 13.2. The molecule has 0 amide bonds. The largest absolute Gasteiger partial charge is 0.383 e. The number of hydrogen-bond acceptors (Lipinski definition) is 2. The zero-order chi connectivity index (χ0) is 12.1. The lowest BCUT2D eigenvalue weighted by Crippen LogP contribution is -2.07. The van der Waals surface area contributed by atoms with E-state index >= 15 is 0 Å². The van der Waals surface area contributed by atoms with E-state index in [4.69, 9.17) is 0 Å². The molecule has 1 aromatic carbocycles. The van der Waals surface area contributed by atoms with Gasteiger partial charge < -0.3 is 9.88 Å². The number of rotatable bonds is 5. The number of aromatic nitrogens is 2. The maximum Gasteiger partial charge on any atom is 0.146 e. The van der Waals surface area contributed by atoms with Crippen LogP contribution in [0.4, 0.5) is 14.5 Å². The minimum Gasteiger partial charge on any atom is -0.383 e. The van der Waals surface area contributed by atoms with Crippen LogP contribution in [0, 0.1) is 11.6 Å².